The molecule has 0 heterocycles. The third-order valence-corrected chi connectivity index (χ3v) is 1.80. The molecule has 13 heavy (non-hydrogen) atoms. The van der Waals surface area contributed by atoms with Crippen LogP contribution >= 0.6 is 0 Å². The Hall–Kier alpha value is -0.870. The van der Waals surface area contributed by atoms with Crippen LogP contribution in [0.25, 0.3) is 0 Å². The molecule has 0 spiro atoms. The Labute approximate surface area is 78.5 Å². The molecule has 0 saturated carbocycles. The molecule has 76 valence electrons. The Morgan fingerprint density at radius 2 is 2.15 bits per heavy atom. The van der Waals surface area contributed by atoms with Gasteiger partial charge < -0.3 is 10.2 Å². The minimum absolute atomic E-state index is 0.135. The van der Waals surface area contributed by atoms with Crippen molar-refractivity contribution < 1.29 is 15.0 Å². The van der Waals surface area contributed by atoms with Crippen LogP contribution in [0.5, 0.6) is 0 Å². The molecule has 0 aromatic carbocycles. The first-order valence-corrected chi connectivity index (χ1v) is 4.36. The summed E-state index contributed by atoms with van der Waals surface area (Å²) < 4.78 is 0. The number of hydrogen-bond donors (Lipinski definition) is 2. The number of rotatable bonds is 7. The lowest BCUT2D eigenvalue weighted by Crippen LogP contribution is -2.29. The minimum atomic E-state index is -0.956. The van der Waals surface area contributed by atoms with Crippen molar-refractivity contribution in [2.24, 2.45) is 0 Å². The van der Waals surface area contributed by atoms with Gasteiger partial charge in [0.15, 0.2) is 0 Å². The molecule has 0 fully saturated rings. The van der Waals surface area contributed by atoms with Gasteiger partial charge >= 0.3 is 5.97 Å². The van der Waals surface area contributed by atoms with Crippen LogP contribution in [0.4, 0.5) is 0 Å². The summed E-state index contributed by atoms with van der Waals surface area (Å²) in [6.07, 6.45) is 0.667. The quantitative estimate of drug-likeness (QED) is 0.564. The molecule has 0 aliphatic rings. The van der Waals surface area contributed by atoms with E-state index in [0.717, 1.165) is 6.54 Å². The van der Waals surface area contributed by atoms with Crippen LogP contribution in [0.2, 0.25) is 0 Å². The topological polar surface area (TPSA) is 60.8 Å². The standard InChI is InChI=1S/C9H17NO3/c1-3-10(5-4-6-11)7-8(2)9(12)13/h11H,2-7H2,1H3,(H,12,13). The monoisotopic (exact) mass is 187 g/mol. The number of carboxylic acids is 1. The molecule has 0 bridgehead atoms. The van der Waals surface area contributed by atoms with E-state index in [1.165, 1.54) is 0 Å². The summed E-state index contributed by atoms with van der Waals surface area (Å²) >= 11 is 0. The molecule has 0 rings (SSSR count). The summed E-state index contributed by atoms with van der Waals surface area (Å²) in [5, 5.41) is 17.2. The number of aliphatic hydroxyl groups is 1. The second kappa shape index (κ2) is 6.62. The van der Waals surface area contributed by atoms with Gasteiger partial charge in [0, 0.05) is 25.3 Å². The first-order chi connectivity index (χ1) is 6.11. The lowest BCUT2D eigenvalue weighted by atomic mass is 10.2. The molecule has 4 nitrogen and oxygen atoms in total. The fourth-order valence-electron chi connectivity index (χ4n) is 0.981. The zero-order valence-electron chi connectivity index (χ0n) is 7.99. The lowest BCUT2D eigenvalue weighted by Gasteiger charge is -2.19. The van der Waals surface area contributed by atoms with Crippen LogP contribution in [-0.4, -0.2) is 47.3 Å². The van der Waals surface area contributed by atoms with Crippen LogP contribution in [0, 0.1) is 0 Å². The van der Waals surface area contributed by atoms with E-state index < -0.39 is 5.97 Å². The maximum Gasteiger partial charge on any atom is 0.332 e. The maximum atomic E-state index is 10.4. The number of hydrogen-bond acceptors (Lipinski definition) is 3. The second-order valence-corrected chi connectivity index (χ2v) is 2.85. The summed E-state index contributed by atoms with van der Waals surface area (Å²) in [5.74, 6) is -0.956. The normalized spacial score (nSPS) is 10.4. The zero-order valence-corrected chi connectivity index (χ0v) is 7.99. The summed E-state index contributed by atoms with van der Waals surface area (Å²) in [6, 6.07) is 0. The van der Waals surface area contributed by atoms with Crippen LogP contribution in [0.3, 0.4) is 0 Å². The van der Waals surface area contributed by atoms with Gasteiger partial charge in [0.2, 0.25) is 0 Å². The Kier molecular flexibility index (Phi) is 6.18. The number of aliphatic hydroxyl groups excluding tert-OH is 1. The first-order valence-electron chi connectivity index (χ1n) is 4.36. The third kappa shape index (κ3) is 5.38. The zero-order chi connectivity index (χ0) is 10.3. The van der Waals surface area contributed by atoms with Crippen molar-refractivity contribution in [3.8, 4) is 0 Å². The predicted molar refractivity (Wildman–Crippen MR) is 50.6 cm³/mol. The van der Waals surface area contributed by atoms with Crippen molar-refractivity contribution in [1.29, 1.82) is 0 Å². The second-order valence-electron chi connectivity index (χ2n) is 2.85. The summed E-state index contributed by atoms with van der Waals surface area (Å²) in [5.41, 5.74) is 0.194. The van der Waals surface area contributed by atoms with Gasteiger partial charge in [-0.2, -0.15) is 0 Å². The van der Waals surface area contributed by atoms with Crippen molar-refractivity contribution in [3.63, 3.8) is 0 Å². The van der Waals surface area contributed by atoms with Crippen molar-refractivity contribution in [3.05, 3.63) is 12.2 Å². The largest absolute Gasteiger partial charge is 0.478 e. The van der Waals surface area contributed by atoms with Gasteiger partial charge in [-0.3, -0.25) is 4.90 Å². The van der Waals surface area contributed by atoms with Crippen molar-refractivity contribution in [2.45, 2.75) is 13.3 Å². The molecule has 0 aliphatic heterocycles. The van der Waals surface area contributed by atoms with Crippen molar-refractivity contribution in [2.75, 3.05) is 26.2 Å². The van der Waals surface area contributed by atoms with E-state index in [-0.39, 0.29) is 12.2 Å². The third-order valence-electron chi connectivity index (χ3n) is 1.80. The van der Waals surface area contributed by atoms with E-state index >= 15 is 0 Å². The minimum Gasteiger partial charge on any atom is -0.478 e. The van der Waals surface area contributed by atoms with E-state index in [0.29, 0.717) is 19.5 Å². The molecule has 0 aromatic rings. The maximum absolute atomic E-state index is 10.4. The highest BCUT2D eigenvalue weighted by Crippen LogP contribution is 1.98. The molecular formula is C9H17NO3. The first kappa shape index (κ1) is 12.1. The number of likely N-dealkylation sites (N-methyl/N-ethyl adjacent to an activating group) is 1. The van der Waals surface area contributed by atoms with Crippen molar-refractivity contribution >= 4 is 5.97 Å². The molecule has 0 atom stereocenters. The number of aliphatic carboxylic acids is 1. The van der Waals surface area contributed by atoms with Crippen LogP contribution in [0.15, 0.2) is 12.2 Å². The Balaban J connectivity index is 3.83. The van der Waals surface area contributed by atoms with Crippen LogP contribution in [-0.2, 0) is 4.79 Å². The highest BCUT2D eigenvalue weighted by molar-refractivity contribution is 5.86. The summed E-state index contributed by atoms with van der Waals surface area (Å²) in [6.45, 7) is 7.38. The molecule has 0 aromatic heterocycles. The molecule has 0 radical (unpaired) electrons. The fraction of sp³-hybridized carbons (Fsp3) is 0.667. The van der Waals surface area contributed by atoms with Gasteiger partial charge in [-0.05, 0) is 13.0 Å². The SMILES string of the molecule is C=C(CN(CC)CCCO)C(=O)O. The van der Waals surface area contributed by atoms with E-state index in [4.69, 9.17) is 10.2 Å². The van der Waals surface area contributed by atoms with E-state index in [1.54, 1.807) is 0 Å². The molecule has 4 heteroatoms. The van der Waals surface area contributed by atoms with Crippen LogP contribution in [0.1, 0.15) is 13.3 Å². The fourth-order valence-corrected chi connectivity index (χ4v) is 0.981. The highest BCUT2D eigenvalue weighted by Gasteiger charge is 2.08. The van der Waals surface area contributed by atoms with E-state index in [9.17, 15) is 4.79 Å². The van der Waals surface area contributed by atoms with Gasteiger partial charge in [0.05, 0.1) is 0 Å². The molecule has 0 unspecified atom stereocenters. The van der Waals surface area contributed by atoms with Gasteiger partial charge in [0.25, 0.3) is 0 Å². The average Bonchev–Trinajstić information content (AvgIpc) is 2.11. The molecular weight excluding hydrogens is 170 g/mol. The number of carbonyl (C=O) groups is 1. The van der Waals surface area contributed by atoms with Gasteiger partial charge in [-0.1, -0.05) is 13.5 Å². The smallest absolute Gasteiger partial charge is 0.332 e. The Morgan fingerprint density at radius 3 is 2.54 bits per heavy atom. The highest BCUT2D eigenvalue weighted by atomic mass is 16.4. The van der Waals surface area contributed by atoms with Gasteiger partial charge in [-0.25, -0.2) is 4.79 Å². The molecule has 0 saturated heterocycles. The average molecular weight is 187 g/mol. The van der Waals surface area contributed by atoms with E-state index in [2.05, 4.69) is 6.58 Å². The van der Waals surface area contributed by atoms with E-state index in [1.807, 2.05) is 11.8 Å². The Morgan fingerprint density at radius 1 is 1.54 bits per heavy atom. The molecule has 0 aliphatic carbocycles. The Bertz CT molecular complexity index is 180. The van der Waals surface area contributed by atoms with Gasteiger partial charge in [-0.15, -0.1) is 0 Å². The lowest BCUT2D eigenvalue weighted by molar-refractivity contribution is -0.132. The van der Waals surface area contributed by atoms with Crippen LogP contribution < -0.4 is 0 Å². The number of carboxylic acid groups (broad SMARTS) is 1. The summed E-state index contributed by atoms with van der Waals surface area (Å²) in [4.78, 5) is 12.4. The molecule has 2 N–H and O–H groups in total. The van der Waals surface area contributed by atoms with Crippen molar-refractivity contribution in [1.82, 2.24) is 4.90 Å². The van der Waals surface area contributed by atoms with Gasteiger partial charge in [0.1, 0.15) is 0 Å². The number of nitrogens with zero attached hydrogens (tertiary/aromatic N) is 1. The predicted octanol–water partition coefficient (Wildman–Crippen LogP) is 0.331. The molecule has 0 amide bonds. The summed E-state index contributed by atoms with van der Waals surface area (Å²) in [7, 11) is 0.